The van der Waals surface area contributed by atoms with Crippen molar-refractivity contribution in [3.8, 4) is 5.75 Å². The van der Waals surface area contributed by atoms with Gasteiger partial charge in [-0.3, -0.25) is 5.43 Å². The number of hydrazone groups is 1. The van der Waals surface area contributed by atoms with Crippen LogP contribution in [0.1, 0.15) is 11.1 Å². The summed E-state index contributed by atoms with van der Waals surface area (Å²) >= 11 is 5.97. The maximum atomic E-state index is 13.7. The molecule has 0 aromatic heterocycles. The van der Waals surface area contributed by atoms with E-state index in [0.717, 1.165) is 5.56 Å². The molecule has 3 aromatic carbocycles. The number of hydrogen-bond donors (Lipinski definition) is 1. The van der Waals surface area contributed by atoms with E-state index in [1.54, 1.807) is 42.6 Å². The molecular formula is C20H15ClF2N2O. The summed E-state index contributed by atoms with van der Waals surface area (Å²) in [6.45, 7) is 0.0467. The van der Waals surface area contributed by atoms with E-state index in [-0.39, 0.29) is 12.4 Å². The molecule has 0 fully saturated rings. The molecule has 6 heteroatoms. The van der Waals surface area contributed by atoms with E-state index >= 15 is 0 Å². The Bertz CT molecular complexity index is 876. The molecule has 0 spiro atoms. The van der Waals surface area contributed by atoms with Crippen molar-refractivity contribution in [2.75, 3.05) is 5.43 Å². The quantitative estimate of drug-likeness (QED) is 0.448. The maximum absolute atomic E-state index is 13.7. The third-order valence-corrected chi connectivity index (χ3v) is 3.93. The summed E-state index contributed by atoms with van der Waals surface area (Å²) in [6.07, 6.45) is 1.63. The van der Waals surface area contributed by atoms with Gasteiger partial charge in [0.2, 0.25) is 0 Å². The lowest BCUT2D eigenvalue weighted by Crippen LogP contribution is -1.99. The van der Waals surface area contributed by atoms with Crippen LogP contribution in [0.15, 0.2) is 71.8 Å². The first-order chi connectivity index (χ1) is 12.6. The molecule has 0 aliphatic rings. The van der Waals surface area contributed by atoms with Crippen LogP contribution in [-0.2, 0) is 6.61 Å². The number of halogens is 3. The molecule has 0 atom stereocenters. The molecule has 0 aliphatic carbocycles. The zero-order valence-electron chi connectivity index (χ0n) is 13.6. The second kappa shape index (κ2) is 8.45. The Kier molecular flexibility index (Phi) is 5.81. The molecule has 0 radical (unpaired) electrons. The number of anilines is 1. The number of nitrogens with zero attached hydrogens (tertiary/aromatic N) is 1. The monoisotopic (exact) mass is 372 g/mol. The highest BCUT2D eigenvalue weighted by atomic mass is 35.5. The molecule has 3 aromatic rings. The van der Waals surface area contributed by atoms with E-state index < -0.39 is 5.82 Å². The smallest absolute Gasteiger partial charge is 0.131 e. The Balaban J connectivity index is 1.56. The van der Waals surface area contributed by atoms with Gasteiger partial charge in [-0.05, 0) is 66.2 Å². The zero-order valence-corrected chi connectivity index (χ0v) is 14.4. The van der Waals surface area contributed by atoms with E-state index in [1.807, 2.05) is 12.1 Å². The van der Waals surface area contributed by atoms with Crippen LogP contribution < -0.4 is 10.2 Å². The first kappa shape index (κ1) is 17.9. The molecule has 0 saturated heterocycles. The zero-order chi connectivity index (χ0) is 18.4. The third kappa shape index (κ3) is 4.80. The van der Waals surface area contributed by atoms with E-state index in [9.17, 15) is 8.78 Å². The lowest BCUT2D eigenvalue weighted by atomic mass is 10.2. The number of benzene rings is 3. The number of nitrogens with one attached hydrogen (secondary N) is 1. The Morgan fingerprint density at radius 1 is 0.962 bits per heavy atom. The fraction of sp³-hybridized carbons (Fsp3) is 0.0500. The molecule has 1 N–H and O–H groups in total. The van der Waals surface area contributed by atoms with Crippen molar-refractivity contribution in [3.63, 3.8) is 0 Å². The van der Waals surface area contributed by atoms with Gasteiger partial charge in [0, 0.05) is 5.56 Å². The summed E-state index contributed by atoms with van der Waals surface area (Å²) in [5.41, 5.74) is 4.66. The Morgan fingerprint density at radius 3 is 2.38 bits per heavy atom. The van der Waals surface area contributed by atoms with Gasteiger partial charge >= 0.3 is 0 Å². The van der Waals surface area contributed by atoms with Gasteiger partial charge in [-0.15, -0.1) is 0 Å². The molecule has 3 rings (SSSR count). The van der Waals surface area contributed by atoms with Crippen molar-refractivity contribution < 1.29 is 13.5 Å². The summed E-state index contributed by atoms with van der Waals surface area (Å²) < 4.78 is 32.1. The second-order valence-corrected chi connectivity index (χ2v) is 5.84. The van der Waals surface area contributed by atoms with Gasteiger partial charge in [-0.25, -0.2) is 8.78 Å². The van der Waals surface area contributed by atoms with E-state index in [4.69, 9.17) is 16.3 Å². The van der Waals surface area contributed by atoms with Crippen molar-refractivity contribution in [2.45, 2.75) is 6.61 Å². The van der Waals surface area contributed by atoms with Gasteiger partial charge in [0.1, 0.15) is 24.0 Å². The standard InChI is InChI=1S/C20H15ClF2N2O/c21-19-2-1-3-20(23)18(19)13-26-17-10-4-14(5-11-17)12-24-25-16-8-6-15(22)7-9-16/h1-12,25H,13H2. The lowest BCUT2D eigenvalue weighted by molar-refractivity contribution is 0.300. The Labute approximate surface area is 154 Å². The fourth-order valence-electron chi connectivity index (χ4n) is 2.18. The predicted octanol–water partition coefficient (Wildman–Crippen LogP) is 5.64. The average molecular weight is 373 g/mol. The van der Waals surface area contributed by atoms with Gasteiger partial charge in [-0.1, -0.05) is 17.7 Å². The molecule has 3 nitrogen and oxygen atoms in total. The lowest BCUT2D eigenvalue weighted by Gasteiger charge is -2.09. The van der Waals surface area contributed by atoms with Gasteiger partial charge < -0.3 is 4.74 Å². The first-order valence-corrected chi connectivity index (χ1v) is 8.20. The molecule has 0 amide bonds. The molecule has 132 valence electrons. The summed E-state index contributed by atoms with van der Waals surface area (Å²) in [5, 5.41) is 4.42. The highest BCUT2D eigenvalue weighted by molar-refractivity contribution is 6.31. The summed E-state index contributed by atoms with van der Waals surface area (Å²) in [6, 6.07) is 17.6. The van der Waals surface area contributed by atoms with Crippen LogP contribution in [0.3, 0.4) is 0 Å². The van der Waals surface area contributed by atoms with Gasteiger partial charge in [-0.2, -0.15) is 5.10 Å². The van der Waals surface area contributed by atoms with Crippen LogP contribution in [0.2, 0.25) is 5.02 Å². The largest absolute Gasteiger partial charge is 0.489 e. The SMILES string of the molecule is Fc1ccc(NN=Cc2ccc(OCc3c(F)cccc3Cl)cc2)cc1. The maximum Gasteiger partial charge on any atom is 0.131 e. The molecular weight excluding hydrogens is 358 g/mol. The molecule has 0 saturated carbocycles. The Hall–Kier alpha value is -2.92. The minimum absolute atomic E-state index is 0.0467. The van der Waals surface area contributed by atoms with Crippen molar-refractivity contribution >= 4 is 23.5 Å². The average Bonchev–Trinajstić information content (AvgIpc) is 2.64. The first-order valence-electron chi connectivity index (χ1n) is 7.82. The van der Waals surface area contributed by atoms with Gasteiger partial charge in [0.25, 0.3) is 0 Å². The van der Waals surface area contributed by atoms with Crippen molar-refractivity contribution in [1.29, 1.82) is 0 Å². The summed E-state index contributed by atoms with van der Waals surface area (Å²) in [5.74, 6) is -0.104. The topological polar surface area (TPSA) is 33.6 Å². The van der Waals surface area contributed by atoms with Crippen LogP contribution in [0, 0.1) is 11.6 Å². The normalized spacial score (nSPS) is 10.9. The van der Waals surface area contributed by atoms with Crippen LogP contribution >= 0.6 is 11.6 Å². The van der Waals surface area contributed by atoms with Crippen LogP contribution in [0.4, 0.5) is 14.5 Å². The highest BCUT2D eigenvalue weighted by Crippen LogP contribution is 2.21. The fourth-order valence-corrected chi connectivity index (χ4v) is 2.40. The molecule has 0 heterocycles. The summed E-state index contributed by atoms with van der Waals surface area (Å²) in [7, 11) is 0. The molecule has 26 heavy (non-hydrogen) atoms. The second-order valence-electron chi connectivity index (χ2n) is 5.43. The molecule has 0 unspecified atom stereocenters. The van der Waals surface area contributed by atoms with Crippen LogP contribution in [-0.4, -0.2) is 6.21 Å². The van der Waals surface area contributed by atoms with E-state index in [2.05, 4.69) is 10.5 Å². The summed E-state index contributed by atoms with van der Waals surface area (Å²) in [4.78, 5) is 0. The molecule has 0 aliphatic heterocycles. The van der Waals surface area contributed by atoms with Crippen LogP contribution in [0.25, 0.3) is 0 Å². The number of ether oxygens (including phenoxy) is 1. The highest BCUT2D eigenvalue weighted by Gasteiger charge is 2.07. The van der Waals surface area contributed by atoms with Crippen LogP contribution in [0.5, 0.6) is 5.75 Å². The molecule has 0 bridgehead atoms. The number of rotatable bonds is 6. The van der Waals surface area contributed by atoms with Crippen molar-refractivity contribution in [2.24, 2.45) is 5.10 Å². The van der Waals surface area contributed by atoms with E-state index in [0.29, 0.717) is 22.0 Å². The van der Waals surface area contributed by atoms with Gasteiger partial charge in [0.05, 0.1) is 16.9 Å². The minimum atomic E-state index is -0.395. The number of hydrogen-bond acceptors (Lipinski definition) is 3. The minimum Gasteiger partial charge on any atom is -0.489 e. The van der Waals surface area contributed by atoms with E-state index in [1.165, 1.54) is 18.2 Å². The predicted molar refractivity (Wildman–Crippen MR) is 99.8 cm³/mol. The Morgan fingerprint density at radius 2 is 1.69 bits per heavy atom. The third-order valence-electron chi connectivity index (χ3n) is 3.58. The van der Waals surface area contributed by atoms with Crippen molar-refractivity contribution in [3.05, 3.63) is 94.5 Å². The van der Waals surface area contributed by atoms with Crippen molar-refractivity contribution in [1.82, 2.24) is 0 Å². The van der Waals surface area contributed by atoms with Gasteiger partial charge in [0.15, 0.2) is 0 Å².